The summed E-state index contributed by atoms with van der Waals surface area (Å²) in [6.45, 7) is 5.67. The molecule has 0 aliphatic carbocycles. The number of halogens is 1. The molecule has 0 atom stereocenters. The lowest BCUT2D eigenvalue weighted by atomic mass is 10.4. The van der Waals surface area contributed by atoms with E-state index < -0.39 is 10.0 Å². The van der Waals surface area contributed by atoms with Gasteiger partial charge in [-0.1, -0.05) is 23.8 Å². The first-order valence-corrected chi connectivity index (χ1v) is 6.36. The molecule has 0 saturated carbocycles. The summed E-state index contributed by atoms with van der Waals surface area (Å²) in [5.41, 5.74) is 0.748. The highest BCUT2D eigenvalue weighted by molar-refractivity contribution is 7.89. The first-order chi connectivity index (χ1) is 7.26. The molecule has 1 heterocycles. The van der Waals surface area contributed by atoms with E-state index in [4.69, 9.17) is 11.6 Å². The van der Waals surface area contributed by atoms with Gasteiger partial charge in [0.15, 0.2) is 0 Å². The van der Waals surface area contributed by atoms with Crippen LogP contribution in [-0.2, 0) is 17.1 Å². The number of imidazole rings is 1. The van der Waals surface area contributed by atoms with Crippen LogP contribution in [0.15, 0.2) is 23.5 Å². The zero-order valence-corrected chi connectivity index (χ0v) is 11.0. The van der Waals surface area contributed by atoms with Gasteiger partial charge >= 0.3 is 0 Å². The van der Waals surface area contributed by atoms with E-state index >= 15 is 0 Å². The van der Waals surface area contributed by atoms with Gasteiger partial charge in [0.2, 0.25) is 5.03 Å². The summed E-state index contributed by atoms with van der Waals surface area (Å²) in [5, 5.41) is -0.0195. The lowest BCUT2D eigenvalue weighted by Crippen LogP contribution is -2.28. The van der Waals surface area contributed by atoms with Gasteiger partial charge in [-0.3, -0.25) is 0 Å². The van der Waals surface area contributed by atoms with Crippen LogP contribution in [0.1, 0.15) is 6.92 Å². The van der Waals surface area contributed by atoms with E-state index in [1.54, 1.807) is 14.0 Å². The van der Waals surface area contributed by atoms with Gasteiger partial charge in [0, 0.05) is 20.6 Å². The maximum atomic E-state index is 12.0. The Morgan fingerprint density at radius 3 is 2.62 bits per heavy atom. The molecule has 0 bridgehead atoms. The zero-order chi connectivity index (χ0) is 12.5. The van der Waals surface area contributed by atoms with Crippen LogP contribution >= 0.6 is 11.6 Å². The summed E-state index contributed by atoms with van der Waals surface area (Å²) >= 11 is 5.85. The van der Waals surface area contributed by atoms with Crippen LogP contribution in [0.4, 0.5) is 0 Å². The van der Waals surface area contributed by atoms with Crippen LogP contribution in [-0.4, -0.2) is 35.9 Å². The van der Waals surface area contributed by atoms with Crippen LogP contribution in [0.25, 0.3) is 0 Å². The van der Waals surface area contributed by atoms with Crippen LogP contribution in [0, 0.1) is 0 Å². The van der Waals surface area contributed by atoms with E-state index in [1.165, 1.54) is 22.2 Å². The topological polar surface area (TPSA) is 55.2 Å². The molecule has 0 aliphatic rings. The van der Waals surface area contributed by atoms with Crippen molar-refractivity contribution in [3.05, 3.63) is 23.6 Å². The number of likely N-dealkylation sites (N-methyl/N-ethyl adjacent to an activating group) is 1. The third kappa shape index (κ3) is 2.45. The molecule has 0 aliphatic heterocycles. The molecule has 1 rings (SSSR count). The minimum Gasteiger partial charge on any atom is -0.324 e. The Bertz CT molecular complexity index is 507. The molecule has 0 N–H and O–H groups in total. The Morgan fingerprint density at radius 2 is 2.25 bits per heavy atom. The third-order valence-electron chi connectivity index (χ3n) is 1.98. The van der Waals surface area contributed by atoms with Crippen molar-refractivity contribution in [2.24, 2.45) is 7.05 Å². The highest BCUT2D eigenvalue weighted by Crippen LogP contribution is 2.21. The van der Waals surface area contributed by atoms with Crippen LogP contribution in [0.5, 0.6) is 0 Å². The summed E-state index contributed by atoms with van der Waals surface area (Å²) in [6.07, 6.45) is 1.36. The number of sulfonamides is 1. The van der Waals surface area contributed by atoms with Crippen molar-refractivity contribution < 1.29 is 8.42 Å². The Kier molecular flexibility index (Phi) is 3.77. The van der Waals surface area contributed by atoms with Gasteiger partial charge in [-0.25, -0.2) is 13.4 Å². The minimum absolute atomic E-state index is 0.105. The third-order valence-corrected chi connectivity index (χ3v) is 4.28. The first kappa shape index (κ1) is 13.2. The number of aryl methyl sites for hydroxylation is 1. The van der Waals surface area contributed by atoms with E-state index in [1.807, 2.05) is 0 Å². The van der Waals surface area contributed by atoms with Gasteiger partial charge in [-0.2, -0.15) is 4.31 Å². The molecular weight excluding hydrogens is 250 g/mol. The quantitative estimate of drug-likeness (QED) is 0.769. The number of nitrogens with zero attached hydrogens (tertiary/aromatic N) is 3. The molecule has 0 amide bonds. The van der Waals surface area contributed by atoms with Crippen molar-refractivity contribution in [1.29, 1.82) is 0 Å². The van der Waals surface area contributed by atoms with Crippen molar-refractivity contribution in [3.8, 4) is 0 Å². The molecule has 16 heavy (non-hydrogen) atoms. The van der Waals surface area contributed by atoms with Gasteiger partial charge in [-0.15, -0.1) is 0 Å². The summed E-state index contributed by atoms with van der Waals surface area (Å²) in [7, 11) is -0.536. The Hall–Kier alpha value is -0.850. The molecule has 1 aromatic rings. The predicted molar refractivity (Wildman–Crippen MR) is 62.8 cm³/mol. The second-order valence-corrected chi connectivity index (χ2v) is 5.99. The summed E-state index contributed by atoms with van der Waals surface area (Å²) in [4.78, 5) is 3.79. The van der Waals surface area contributed by atoms with Gasteiger partial charge in [0.1, 0.15) is 5.15 Å². The first-order valence-electron chi connectivity index (χ1n) is 4.54. The normalized spacial score (nSPS) is 12.1. The zero-order valence-electron chi connectivity index (χ0n) is 9.44. The fraction of sp³-hybridized carbons (Fsp3) is 0.444. The van der Waals surface area contributed by atoms with Crippen molar-refractivity contribution >= 4 is 21.6 Å². The molecule has 0 aromatic carbocycles. The van der Waals surface area contributed by atoms with Gasteiger partial charge in [-0.05, 0) is 6.92 Å². The SMILES string of the molecule is C=C(C)CN(C)S(=O)(=O)c1ncn(C)c1Cl. The highest BCUT2D eigenvalue weighted by Gasteiger charge is 2.26. The number of rotatable bonds is 4. The highest BCUT2D eigenvalue weighted by atomic mass is 35.5. The fourth-order valence-electron chi connectivity index (χ4n) is 1.18. The number of hydrogen-bond donors (Lipinski definition) is 0. The molecule has 1 aromatic heterocycles. The molecular formula is C9H14ClN3O2S. The second kappa shape index (κ2) is 4.57. The molecule has 90 valence electrons. The van der Waals surface area contributed by atoms with Crippen molar-refractivity contribution in [1.82, 2.24) is 13.9 Å². The summed E-state index contributed by atoms with van der Waals surface area (Å²) in [5.74, 6) is 0. The number of aromatic nitrogens is 2. The Labute approximate surface area is 100 Å². The lowest BCUT2D eigenvalue weighted by Gasteiger charge is -2.15. The van der Waals surface area contributed by atoms with Crippen LogP contribution < -0.4 is 0 Å². The smallest absolute Gasteiger partial charge is 0.263 e. The maximum Gasteiger partial charge on any atom is 0.263 e. The average Bonchev–Trinajstić information content (AvgIpc) is 2.46. The molecule has 5 nitrogen and oxygen atoms in total. The molecule has 0 radical (unpaired) electrons. The maximum absolute atomic E-state index is 12.0. The Morgan fingerprint density at radius 1 is 1.69 bits per heavy atom. The van der Waals surface area contributed by atoms with E-state index in [0.717, 1.165) is 5.57 Å². The van der Waals surface area contributed by atoms with E-state index in [-0.39, 0.29) is 16.7 Å². The van der Waals surface area contributed by atoms with Crippen molar-refractivity contribution in [3.63, 3.8) is 0 Å². The fourth-order valence-corrected chi connectivity index (χ4v) is 2.79. The summed E-state index contributed by atoms with van der Waals surface area (Å²) in [6, 6.07) is 0. The summed E-state index contributed by atoms with van der Waals surface area (Å²) < 4.78 is 26.7. The van der Waals surface area contributed by atoms with Gasteiger partial charge in [0.05, 0.1) is 6.33 Å². The van der Waals surface area contributed by atoms with Crippen molar-refractivity contribution in [2.75, 3.05) is 13.6 Å². The van der Waals surface area contributed by atoms with Gasteiger partial charge in [0.25, 0.3) is 10.0 Å². The van der Waals surface area contributed by atoms with Crippen molar-refractivity contribution in [2.45, 2.75) is 11.9 Å². The standard InChI is InChI=1S/C9H14ClN3O2S/c1-7(2)5-13(4)16(14,15)9-8(10)12(3)6-11-9/h6H,1,5H2,2-4H3. The van der Waals surface area contributed by atoms with E-state index in [0.29, 0.717) is 0 Å². The lowest BCUT2D eigenvalue weighted by molar-refractivity contribution is 0.490. The number of hydrogen-bond acceptors (Lipinski definition) is 3. The van der Waals surface area contributed by atoms with Crippen LogP contribution in [0.3, 0.4) is 0 Å². The minimum atomic E-state index is -3.64. The molecule has 0 saturated heterocycles. The largest absolute Gasteiger partial charge is 0.324 e. The van der Waals surface area contributed by atoms with E-state index in [9.17, 15) is 8.42 Å². The molecule has 0 fully saturated rings. The molecule has 0 unspecified atom stereocenters. The second-order valence-electron chi connectivity index (χ2n) is 3.67. The predicted octanol–water partition coefficient (Wildman–Crippen LogP) is 1.27. The average molecular weight is 264 g/mol. The molecule has 0 spiro atoms. The monoisotopic (exact) mass is 263 g/mol. The van der Waals surface area contributed by atoms with Crippen LogP contribution in [0.2, 0.25) is 5.15 Å². The van der Waals surface area contributed by atoms with Gasteiger partial charge < -0.3 is 4.57 Å². The Balaban J connectivity index is 3.12. The van der Waals surface area contributed by atoms with E-state index in [2.05, 4.69) is 11.6 Å². The molecule has 7 heteroatoms.